The molecule has 1 aromatic rings. The van der Waals surface area contributed by atoms with Crippen molar-refractivity contribution in [3.05, 3.63) is 29.8 Å². The van der Waals surface area contributed by atoms with Crippen LogP contribution in [-0.4, -0.2) is 51.6 Å². The van der Waals surface area contributed by atoms with E-state index in [2.05, 4.69) is 10.6 Å². The molecule has 0 aromatic heterocycles. The number of hydrogen-bond acceptors (Lipinski definition) is 4. The van der Waals surface area contributed by atoms with E-state index in [1.807, 2.05) is 0 Å². The average Bonchev–Trinajstić information content (AvgIpc) is 3.43. The van der Waals surface area contributed by atoms with Crippen LogP contribution in [0.5, 0.6) is 0 Å². The maximum Gasteiger partial charge on any atom is 0.315 e. The minimum atomic E-state index is -3.57. The van der Waals surface area contributed by atoms with Gasteiger partial charge >= 0.3 is 6.03 Å². The molecule has 3 rings (SSSR count). The molecule has 1 aliphatic heterocycles. The minimum Gasteiger partial charge on any atom is -0.379 e. The van der Waals surface area contributed by atoms with Crippen molar-refractivity contribution in [2.24, 2.45) is 5.92 Å². The summed E-state index contributed by atoms with van der Waals surface area (Å²) in [6.45, 7) is 2.38. The Bertz CT molecular complexity index is 682. The molecule has 0 spiro atoms. The largest absolute Gasteiger partial charge is 0.379 e. The van der Waals surface area contributed by atoms with Crippen molar-refractivity contribution in [3.63, 3.8) is 0 Å². The quantitative estimate of drug-likeness (QED) is 0.796. The van der Waals surface area contributed by atoms with E-state index in [9.17, 15) is 13.2 Å². The van der Waals surface area contributed by atoms with Crippen LogP contribution in [0, 0.1) is 5.92 Å². The highest BCUT2D eigenvalue weighted by molar-refractivity contribution is 7.89. The molecule has 1 aliphatic carbocycles. The number of morpholine rings is 1. The number of ether oxygens (including phenoxy) is 1. The smallest absolute Gasteiger partial charge is 0.315 e. The van der Waals surface area contributed by atoms with Crippen molar-refractivity contribution >= 4 is 16.1 Å². The van der Waals surface area contributed by atoms with E-state index in [0.29, 0.717) is 44.3 Å². The summed E-state index contributed by atoms with van der Waals surface area (Å²) >= 11 is 0. The molecular formula is C16H23N3O4S. The van der Waals surface area contributed by atoms with E-state index < -0.39 is 10.0 Å². The molecule has 24 heavy (non-hydrogen) atoms. The zero-order valence-electron chi connectivity index (χ0n) is 13.5. The lowest BCUT2D eigenvalue weighted by atomic mass is 10.2. The van der Waals surface area contributed by atoms with Crippen LogP contribution in [0.2, 0.25) is 0 Å². The number of nitrogens with zero attached hydrogens (tertiary/aromatic N) is 1. The van der Waals surface area contributed by atoms with Crippen LogP contribution in [0.1, 0.15) is 18.4 Å². The Hall–Kier alpha value is -1.64. The highest BCUT2D eigenvalue weighted by atomic mass is 32.2. The first-order valence-corrected chi connectivity index (χ1v) is 9.69. The standard InChI is InChI=1S/C16H23N3O4S/c20-16(17-11-13-5-6-13)18-12-14-3-1-2-4-15(14)24(21,22)19-7-9-23-10-8-19/h1-4,13H,5-12H2,(H2,17,18,20). The van der Waals surface area contributed by atoms with E-state index in [0.717, 1.165) is 0 Å². The van der Waals surface area contributed by atoms with Gasteiger partial charge in [-0.2, -0.15) is 4.31 Å². The van der Waals surface area contributed by atoms with Gasteiger partial charge in [-0.1, -0.05) is 18.2 Å². The van der Waals surface area contributed by atoms with Gasteiger partial charge in [0.05, 0.1) is 18.1 Å². The summed E-state index contributed by atoms with van der Waals surface area (Å²) in [6, 6.07) is 6.53. The molecule has 2 N–H and O–H groups in total. The third-order valence-corrected chi connectivity index (χ3v) is 6.25. The summed E-state index contributed by atoms with van der Waals surface area (Å²) in [4.78, 5) is 12.1. The fraction of sp³-hybridized carbons (Fsp3) is 0.562. The van der Waals surface area contributed by atoms with E-state index >= 15 is 0 Å². The van der Waals surface area contributed by atoms with Crippen LogP contribution in [0.4, 0.5) is 4.79 Å². The summed E-state index contributed by atoms with van der Waals surface area (Å²) in [5.74, 6) is 0.602. The summed E-state index contributed by atoms with van der Waals surface area (Å²) in [5.41, 5.74) is 0.588. The summed E-state index contributed by atoms with van der Waals surface area (Å²) < 4.78 is 32.3. The second-order valence-corrected chi connectivity index (χ2v) is 8.04. The zero-order valence-corrected chi connectivity index (χ0v) is 14.3. The molecule has 2 fully saturated rings. The van der Waals surface area contributed by atoms with E-state index in [4.69, 9.17) is 4.74 Å². The molecular weight excluding hydrogens is 330 g/mol. The molecule has 8 heteroatoms. The Labute approximate surface area is 142 Å². The average molecular weight is 353 g/mol. The van der Waals surface area contributed by atoms with Gasteiger partial charge in [0.15, 0.2) is 0 Å². The first kappa shape index (κ1) is 17.2. The molecule has 1 aromatic carbocycles. The third kappa shape index (κ3) is 4.25. The van der Waals surface area contributed by atoms with Gasteiger partial charge in [0.2, 0.25) is 10.0 Å². The van der Waals surface area contributed by atoms with E-state index in [1.54, 1.807) is 24.3 Å². The predicted octanol–water partition coefficient (Wildman–Crippen LogP) is 0.917. The second kappa shape index (κ2) is 7.50. The van der Waals surface area contributed by atoms with Crippen molar-refractivity contribution in [1.82, 2.24) is 14.9 Å². The van der Waals surface area contributed by atoms with Crippen LogP contribution >= 0.6 is 0 Å². The summed E-state index contributed by atoms with van der Waals surface area (Å²) in [7, 11) is -3.57. The lowest BCUT2D eigenvalue weighted by molar-refractivity contribution is 0.0730. The Morgan fingerprint density at radius 2 is 1.88 bits per heavy atom. The van der Waals surface area contributed by atoms with Gasteiger partial charge in [0.25, 0.3) is 0 Å². The van der Waals surface area contributed by atoms with Crippen LogP contribution in [-0.2, 0) is 21.3 Å². The van der Waals surface area contributed by atoms with Crippen molar-refractivity contribution in [1.29, 1.82) is 0 Å². The molecule has 0 unspecified atom stereocenters. The van der Waals surface area contributed by atoms with Crippen LogP contribution in [0.25, 0.3) is 0 Å². The lowest BCUT2D eigenvalue weighted by Gasteiger charge is -2.27. The van der Waals surface area contributed by atoms with Gasteiger partial charge < -0.3 is 15.4 Å². The number of hydrogen-bond donors (Lipinski definition) is 2. The Kier molecular flexibility index (Phi) is 5.37. The van der Waals surface area contributed by atoms with Crippen LogP contribution < -0.4 is 10.6 Å². The molecule has 0 atom stereocenters. The monoisotopic (exact) mass is 353 g/mol. The van der Waals surface area contributed by atoms with E-state index in [-0.39, 0.29) is 17.5 Å². The SMILES string of the molecule is O=C(NCc1ccccc1S(=O)(=O)N1CCOCC1)NCC1CC1. The molecule has 1 saturated carbocycles. The lowest BCUT2D eigenvalue weighted by Crippen LogP contribution is -2.41. The number of rotatable bonds is 6. The third-order valence-electron chi connectivity index (χ3n) is 4.25. The molecule has 0 bridgehead atoms. The number of benzene rings is 1. The Morgan fingerprint density at radius 3 is 2.58 bits per heavy atom. The van der Waals surface area contributed by atoms with Crippen molar-refractivity contribution in [2.75, 3.05) is 32.8 Å². The fourth-order valence-corrected chi connectivity index (χ4v) is 4.25. The van der Waals surface area contributed by atoms with Gasteiger partial charge in [-0.25, -0.2) is 13.2 Å². The molecule has 1 heterocycles. The maximum absolute atomic E-state index is 12.8. The normalized spacial score (nSPS) is 19.0. The highest BCUT2D eigenvalue weighted by Crippen LogP contribution is 2.27. The number of carbonyl (C=O) groups excluding carboxylic acids is 1. The van der Waals surface area contributed by atoms with E-state index in [1.165, 1.54) is 17.1 Å². The first-order valence-electron chi connectivity index (χ1n) is 8.25. The molecule has 2 aliphatic rings. The van der Waals surface area contributed by atoms with Crippen LogP contribution in [0.15, 0.2) is 29.2 Å². The highest BCUT2D eigenvalue weighted by Gasteiger charge is 2.28. The van der Waals surface area contributed by atoms with Gasteiger partial charge in [-0.05, 0) is 30.4 Å². The van der Waals surface area contributed by atoms with Gasteiger partial charge in [-0.15, -0.1) is 0 Å². The van der Waals surface area contributed by atoms with Crippen LogP contribution in [0.3, 0.4) is 0 Å². The Balaban J connectivity index is 1.66. The topological polar surface area (TPSA) is 87.7 Å². The number of amides is 2. The Morgan fingerprint density at radius 1 is 1.17 bits per heavy atom. The number of urea groups is 1. The minimum absolute atomic E-state index is 0.177. The summed E-state index contributed by atoms with van der Waals surface area (Å²) in [5, 5.41) is 5.55. The molecule has 2 amide bonds. The number of carbonyl (C=O) groups is 1. The first-order chi connectivity index (χ1) is 11.6. The number of sulfonamides is 1. The second-order valence-electron chi connectivity index (χ2n) is 6.13. The molecule has 132 valence electrons. The molecule has 0 radical (unpaired) electrons. The van der Waals surface area contributed by atoms with Gasteiger partial charge in [-0.3, -0.25) is 0 Å². The molecule has 7 nitrogen and oxygen atoms in total. The predicted molar refractivity (Wildman–Crippen MR) is 89.0 cm³/mol. The van der Waals surface area contributed by atoms with Gasteiger partial charge in [0.1, 0.15) is 0 Å². The zero-order chi connectivity index (χ0) is 17.0. The fourth-order valence-electron chi connectivity index (χ4n) is 2.62. The maximum atomic E-state index is 12.8. The van der Waals surface area contributed by atoms with Crippen molar-refractivity contribution < 1.29 is 17.9 Å². The van der Waals surface area contributed by atoms with Crippen molar-refractivity contribution in [3.8, 4) is 0 Å². The van der Waals surface area contributed by atoms with Crippen molar-refractivity contribution in [2.45, 2.75) is 24.3 Å². The molecule has 1 saturated heterocycles. The summed E-state index contributed by atoms with van der Waals surface area (Å²) in [6.07, 6.45) is 2.34. The van der Waals surface area contributed by atoms with Gasteiger partial charge in [0, 0.05) is 26.2 Å². The number of nitrogens with one attached hydrogen (secondary N) is 2.